The number of aliphatic hydroxyl groups excluding tert-OH is 1. The van der Waals surface area contributed by atoms with E-state index < -0.39 is 5.97 Å². The summed E-state index contributed by atoms with van der Waals surface area (Å²) in [6.07, 6.45) is 14.1. The van der Waals surface area contributed by atoms with Gasteiger partial charge in [0.25, 0.3) is 0 Å². The van der Waals surface area contributed by atoms with Crippen LogP contribution in [0.25, 0.3) is 22.5 Å². The van der Waals surface area contributed by atoms with Crippen LogP contribution in [0.15, 0.2) is 98.1 Å². The van der Waals surface area contributed by atoms with E-state index in [2.05, 4.69) is 50.3 Å². The highest BCUT2D eigenvalue weighted by atomic mass is 16.5. The average Bonchev–Trinajstić information content (AvgIpc) is 3.92. The third-order valence-corrected chi connectivity index (χ3v) is 10.7. The number of esters is 1. The molecule has 19 heteroatoms. The molecule has 302 valence electrons. The number of amides is 4. The lowest BCUT2D eigenvalue weighted by Gasteiger charge is -2.35. The molecule has 10 rings (SSSR count). The van der Waals surface area contributed by atoms with Gasteiger partial charge in [-0.3, -0.25) is 35.4 Å². The molecule has 2 atom stereocenters. The number of fused-ring (bicyclic) bond motifs is 8. The van der Waals surface area contributed by atoms with Crippen molar-refractivity contribution in [2.24, 2.45) is 0 Å². The van der Waals surface area contributed by atoms with Gasteiger partial charge in [-0.2, -0.15) is 0 Å². The van der Waals surface area contributed by atoms with E-state index in [1.807, 2.05) is 30.3 Å². The van der Waals surface area contributed by atoms with Crippen LogP contribution in [0, 0.1) is 0 Å². The number of carbonyl (C=O) groups is 3. The van der Waals surface area contributed by atoms with E-state index in [1.54, 1.807) is 46.6 Å². The predicted octanol–water partition coefficient (Wildman–Crippen LogP) is 4.41. The number of hydrogen-bond donors (Lipinski definition) is 3. The van der Waals surface area contributed by atoms with Gasteiger partial charge < -0.3 is 19.6 Å². The highest BCUT2D eigenvalue weighted by Crippen LogP contribution is 2.42. The molecule has 0 spiro atoms. The van der Waals surface area contributed by atoms with Gasteiger partial charge in [0, 0.05) is 74.5 Å². The molecule has 4 aliphatic heterocycles. The minimum Gasteiger partial charge on any atom is -0.464 e. The van der Waals surface area contributed by atoms with Gasteiger partial charge in [0.15, 0.2) is 23.3 Å². The molecular weight excluding hydrogens is 769 g/mol. The van der Waals surface area contributed by atoms with Gasteiger partial charge in [-0.1, -0.05) is 0 Å². The van der Waals surface area contributed by atoms with Crippen molar-refractivity contribution < 1.29 is 24.2 Å². The molecule has 10 heterocycles. The third kappa shape index (κ3) is 7.44. The number of hydrogen-bond acceptors (Lipinski definition) is 15. The molecule has 6 aromatic heterocycles. The number of nitrogens with one attached hydrogen (secondary N) is 2. The minimum atomic E-state index is -0.519. The monoisotopic (exact) mass is 806 g/mol. The highest BCUT2D eigenvalue weighted by molar-refractivity contribution is 6.05. The molecule has 0 aromatic carbocycles. The van der Waals surface area contributed by atoms with Crippen molar-refractivity contribution in [1.29, 1.82) is 0 Å². The summed E-state index contributed by atoms with van der Waals surface area (Å²) in [7, 11) is 1.31. The molecule has 2 saturated heterocycles. The summed E-state index contributed by atoms with van der Waals surface area (Å²) in [6, 6.07) is 14.3. The van der Waals surface area contributed by atoms with Crippen molar-refractivity contribution in [1.82, 2.24) is 39.9 Å². The Morgan fingerprint density at radius 1 is 0.683 bits per heavy atom. The number of aromatic nitrogens is 8. The normalized spacial score (nSPS) is 16.9. The quantitative estimate of drug-likeness (QED) is 0.199. The van der Waals surface area contributed by atoms with Gasteiger partial charge in [0.05, 0.1) is 66.7 Å². The van der Waals surface area contributed by atoms with Crippen LogP contribution in [0.4, 0.5) is 44.2 Å². The Morgan fingerprint density at radius 3 is 1.72 bits per heavy atom. The molecule has 19 nitrogen and oxygen atoms in total. The number of urea groups is 2. The zero-order valence-corrected chi connectivity index (χ0v) is 32.3. The molecule has 3 N–H and O–H groups in total. The van der Waals surface area contributed by atoms with E-state index in [9.17, 15) is 19.5 Å². The Balaban J connectivity index is 0.000000154. The van der Waals surface area contributed by atoms with Crippen LogP contribution in [0.2, 0.25) is 0 Å². The maximum atomic E-state index is 13.2. The summed E-state index contributed by atoms with van der Waals surface area (Å²) < 4.78 is 4.76. The Bertz CT molecular complexity index is 2570. The van der Waals surface area contributed by atoms with Crippen LogP contribution in [0.5, 0.6) is 0 Å². The van der Waals surface area contributed by atoms with Crippen LogP contribution < -0.4 is 30.2 Å². The molecule has 2 fully saturated rings. The van der Waals surface area contributed by atoms with Crippen LogP contribution in [0.3, 0.4) is 0 Å². The predicted molar refractivity (Wildman–Crippen MR) is 220 cm³/mol. The summed E-state index contributed by atoms with van der Waals surface area (Å²) in [6.45, 7) is 3.14. The second kappa shape index (κ2) is 16.3. The largest absolute Gasteiger partial charge is 0.464 e. The minimum absolute atomic E-state index is 0.00925. The average molecular weight is 807 g/mol. The number of rotatable bonds is 6. The molecule has 4 bridgehead atoms. The summed E-state index contributed by atoms with van der Waals surface area (Å²) in [5, 5.41) is 15.0. The van der Waals surface area contributed by atoms with Gasteiger partial charge in [-0.05, 0) is 61.4 Å². The molecule has 0 radical (unpaired) electrons. The van der Waals surface area contributed by atoms with Crippen molar-refractivity contribution in [3.63, 3.8) is 0 Å². The number of carbonyl (C=O) groups excluding carboxylic acids is 3. The molecule has 6 aromatic rings. The Hall–Kier alpha value is -7.67. The van der Waals surface area contributed by atoms with Crippen LogP contribution in [-0.2, 0) is 11.3 Å². The van der Waals surface area contributed by atoms with Gasteiger partial charge in [0.1, 0.15) is 5.69 Å². The van der Waals surface area contributed by atoms with Gasteiger partial charge in [-0.15, -0.1) is 0 Å². The van der Waals surface area contributed by atoms with Crippen molar-refractivity contribution in [2.45, 2.75) is 31.5 Å². The van der Waals surface area contributed by atoms with E-state index in [0.29, 0.717) is 40.2 Å². The maximum absolute atomic E-state index is 13.2. The van der Waals surface area contributed by atoms with Crippen molar-refractivity contribution in [2.75, 3.05) is 63.5 Å². The number of nitrogens with zero attached hydrogens (tertiary/aromatic N) is 12. The third-order valence-electron chi connectivity index (χ3n) is 10.7. The fraction of sp³-hybridized carbons (Fsp3) is 0.244. The second-order valence-electron chi connectivity index (χ2n) is 14.3. The Kier molecular flexibility index (Phi) is 10.3. The molecule has 4 aliphatic rings. The zero-order chi connectivity index (χ0) is 41.2. The number of methoxy groups -OCH3 is 1. The van der Waals surface area contributed by atoms with E-state index in [0.717, 1.165) is 61.7 Å². The topological polar surface area (TPSA) is 221 Å². The Morgan fingerprint density at radius 2 is 1.22 bits per heavy atom. The van der Waals surface area contributed by atoms with Gasteiger partial charge in [0.2, 0.25) is 0 Å². The van der Waals surface area contributed by atoms with Gasteiger partial charge in [-0.25, -0.2) is 39.3 Å². The fourth-order valence-electron chi connectivity index (χ4n) is 7.86. The molecule has 0 aliphatic carbocycles. The highest BCUT2D eigenvalue weighted by Gasteiger charge is 2.42. The lowest BCUT2D eigenvalue weighted by Crippen LogP contribution is -2.48. The first kappa shape index (κ1) is 37.9. The van der Waals surface area contributed by atoms with Crippen LogP contribution in [-0.4, -0.2) is 108 Å². The van der Waals surface area contributed by atoms with Crippen LogP contribution in [0.1, 0.15) is 29.0 Å². The van der Waals surface area contributed by atoms with E-state index in [-0.39, 0.29) is 36.4 Å². The molecule has 4 amide bonds. The summed E-state index contributed by atoms with van der Waals surface area (Å²) in [5.41, 5.74) is 5.51. The maximum Gasteiger partial charge on any atom is 0.356 e. The van der Waals surface area contributed by atoms with Crippen molar-refractivity contribution >= 4 is 52.7 Å². The lowest BCUT2D eigenvalue weighted by molar-refractivity contribution is 0.0594. The zero-order valence-electron chi connectivity index (χ0n) is 32.3. The van der Waals surface area contributed by atoms with Crippen molar-refractivity contribution in [3.05, 3.63) is 109 Å². The lowest BCUT2D eigenvalue weighted by atomic mass is 10.1. The number of pyridine rings is 4. The summed E-state index contributed by atoms with van der Waals surface area (Å²) in [5.74, 6) is 1.46. The molecular formula is C41H38N14O5. The van der Waals surface area contributed by atoms with E-state index in [4.69, 9.17) is 14.7 Å². The fourth-order valence-corrected chi connectivity index (χ4v) is 7.86. The Labute approximate surface area is 343 Å². The summed E-state index contributed by atoms with van der Waals surface area (Å²) >= 11 is 0. The van der Waals surface area contributed by atoms with Crippen LogP contribution >= 0.6 is 0 Å². The number of anilines is 6. The first-order valence-electron chi connectivity index (χ1n) is 19.2. The molecule has 60 heavy (non-hydrogen) atoms. The van der Waals surface area contributed by atoms with E-state index in [1.165, 1.54) is 38.1 Å². The number of aliphatic hydroxyl groups is 1. The smallest absolute Gasteiger partial charge is 0.356 e. The molecule has 0 saturated carbocycles. The summed E-state index contributed by atoms with van der Waals surface area (Å²) in [4.78, 5) is 80.1. The second-order valence-corrected chi connectivity index (χ2v) is 14.3. The van der Waals surface area contributed by atoms with Gasteiger partial charge >= 0.3 is 18.0 Å². The standard InChI is InChI=1S/C21H19N7O3.C20H19N7O2/c1-31-20(29)16-10-13(4-6-23-16)15-2-3-17-19(25-15)28(14-5-9-27(17)12-14)21(30)26-18-11-22-7-8-24-18;28-12-14-9-13(3-5-22-14)16-1-2-17-19(24-16)27(15-4-8-26(17)11-15)20(29)25-18-10-21-6-7-23-18/h2-4,6-8,10-11,14H,5,9,12H2,1H3,(H,24,26,30);1-3,5-7,9-10,15,28H,4,8,11-12H2,(H,23,25,29)/t14-;15-/m00/s1. The first-order chi connectivity index (χ1) is 29.4. The van der Waals surface area contributed by atoms with Crippen molar-refractivity contribution in [3.8, 4) is 22.5 Å². The van der Waals surface area contributed by atoms with E-state index >= 15 is 0 Å². The molecule has 0 unspecified atom stereocenters. The number of ether oxygens (including phenoxy) is 1. The SMILES string of the molecule is COC(=O)c1cc(-c2ccc3c(n2)N(C(=O)Nc2cnccn2)[C@H]2CCN3C2)ccn1.O=C(Nc1cnccn1)N1c2nc(-c3ccnc(CO)c3)ccc2N2CC[C@H]1C2. The first-order valence-corrected chi connectivity index (χ1v) is 19.2.